The van der Waals surface area contributed by atoms with Gasteiger partial charge in [-0.3, -0.25) is 9.10 Å². The van der Waals surface area contributed by atoms with Gasteiger partial charge in [-0.15, -0.1) is 0 Å². The fraction of sp³-hybridized carbons (Fsp3) is 0.167. The van der Waals surface area contributed by atoms with Gasteiger partial charge in [0.15, 0.2) is 4.80 Å². The molecule has 0 unspecified atom stereocenters. The van der Waals surface area contributed by atoms with E-state index >= 15 is 0 Å². The Hall–Kier alpha value is -2.94. The highest BCUT2D eigenvalue weighted by Gasteiger charge is 2.30. The van der Waals surface area contributed by atoms with Crippen LogP contribution in [-0.4, -0.2) is 25.4 Å². The van der Waals surface area contributed by atoms with Gasteiger partial charge in [0.1, 0.15) is 0 Å². The highest BCUT2D eigenvalue weighted by atomic mass is 35.5. The summed E-state index contributed by atoms with van der Waals surface area (Å²) in [6.07, 6.45) is 0.681. The number of amides is 1. The van der Waals surface area contributed by atoms with Gasteiger partial charge in [0, 0.05) is 19.2 Å². The summed E-state index contributed by atoms with van der Waals surface area (Å²) in [7, 11) is -1.87. The van der Waals surface area contributed by atoms with Crippen LogP contribution in [0.25, 0.3) is 10.2 Å². The molecule has 0 fully saturated rings. The normalized spacial score (nSPS) is 14.2. The van der Waals surface area contributed by atoms with Gasteiger partial charge >= 0.3 is 0 Å². The van der Waals surface area contributed by atoms with Crippen molar-refractivity contribution in [2.45, 2.75) is 18.2 Å². The first-order valence-electron chi connectivity index (χ1n) is 10.3. The number of anilines is 1. The van der Waals surface area contributed by atoms with Gasteiger partial charge in [-0.1, -0.05) is 47.2 Å². The number of aryl methyl sites for hydroxylation is 2. The van der Waals surface area contributed by atoms with Gasteiger partial charge < -0.3 is 4.57 Å². The standard InChI is InChI=1S/C24H20ClN3O3S2/c1-15-7-12-19(25)22-21(15)27(2)24(32-22)26-23(29)17-8-10-18(11-9-17)33(30,31)28-14-13-16-5-3-4-6-20(16)28/h3-12H,13-14H2,1-2H3. The Balaban J connectivity index is 1.47. The molecule has 0 bridgehead atoms. The van der Waals surface area contributed by atoms with Gasteiger partial charge in [-0.2, -0.15) is 4.99 Å². The molecule has 1 amide bonds. The SMILES string of the molecule is Cc1ccc(Cl)c2sc(=NC(=O)c3ccc(S(=O)(=O)N4CCc5ccccc54)cc3)n(C)c12. The number of benzene rings is 3. The van der Waals surface area contributed by atoms with E-state index in [-0.39, 0.29) is 4.90 Å². The van der Waals surface area contributed by atoms with Crippen molar-refractivity contribution in [3.05, 3.63) is 87.2 Å². The summed E-state index contributed by atoms with van der Waals surface area (Å²) in [6.45, 7) is 2.39. The summed E-state index contributed by atoms with van der Waals surface area (Å²) < 4.78 is 30.5. The third kappa shape index (κ3) is 3.68. The van der Waals surface area contributed by atoms with E-state index < -0.39 is 15.9 Å². The molecule has 9 heteroatoms. The molecule has 1 aliphatic rings. The van der Waals surface area contributed by atoms with Crippen LogP contribution in [0.1, 0.15) is 21.5 Å². The highest BCUT2D eigenvalue weighted by Crippen LogP contribution is 2.33. The van der Waals surface area contributed by atoms with Crippen LogP contribution < -0.4 is 9.11 Å². The number of aromatic nitrogens is 1. The summed E-state index contributed by atoms with van der Waals surface area (Å²) in [6, 6.07) is 17.2. The Labute approximate surface area is 200 Å². The van der Waals surface area contributed by atoms with E-state index in [1.54, 1.807) is 0 Å². The zero-order valence-electron chi connectivity index (χ0n) is 17.9. The van der Waals surface area contributed by atoms with Crippen molar-refractivity contribution in [1.82, 2.24) is 4.57 Å². The molecule has 5 rings (SSSR count). The molecule has 3 aromatic carbocycles. The van der Waals surface area contributed by atoms with Crippen molar-refractivity contribution < 1.29 is 13.2 Å². The first kappa shape index (κ1) is 21.9. The van der Waals surface area contributed by atoms with Crippen molar-refractivity contribution in [1.29, 1.82) is 0 Å². The number of thiazole rings is 1. The average molecular weight is 498 g/mol. The molecule has 0 spiro atoms. The zero-order chi connectivity index (χ0) is 23.3. The number of halogens is 1. The predicted octanol–water partition coefficient (Wildman–Crippen LogP) is 4.69. The first-order chi connectivity index (χ1) is 15.8. The number of fused-ring (bicyclic) bond motifs is 2. The molecule has 2 heterocycles. The van der Waals surface area contributed by atoms with Crippen LogP contribution in [-0.2, 0) is 23.5 Å². The number of rotatable bonds is 3. The molecule has 0 N–H and O–H groups in total. The Morgan fingerprint density at radius 2 is 1.79 bits per heavy atom. The highest BCUT2D eigenvalue weighted by molar-refractivity contribution is 7.92. The van der Waals surface area contributed by atoms with E-state index in [0.29, 0.717) is 34.0 Å². The minimum atomic E-state index is -3.71. The third-order valence-corrected chi connectivity index (χ3v) is 9.25. The summed E-state index contributed by atoms with van der Waals surface area (Å²) in [5.41, 5.74) is 4.01. The molecule has 168 valence electrons. The molecule has 33 heavy (non-hydrogen) atoms. The van der Waals surface area contributed by atoms with Gasteiger partial charge in [0.25, 0.3) is 15.9 Å². The van der Waals surface area contributed by atoms with Crippen molar-refractivity contribution in [3.63, 3.8) is 0 Å². The van der Waals surface area contributed by atoms with Crippen LogP contribution in [0.3, 0.4) is 0 Å². The maximum Gasteiger partial charge on any atom is 0.279 e. The number of para-hydroxylation sites is 1. The van der Waals surface area contributed by atoms with Crippen molar-refractivity contribution >= 4 is 54.8 Å². The van der Waals surface area contributed by atoms with Crippen molar-refractivity contribution in [2.24, 2.45) is 12.0 Å². The van der Waals surface area contributed by atoms with Crippen LogP contribution in [0, 0.1) is 6.92 Å². The van der Waals surface area contributed by atoms with E-state index in [1.165, 1.54) is 39.9 Å². The average Bonchev–Trinajstić information content (AvgIpc) is 3.39. The second kappa shape index (κ2) is 8.13. The monoisotopic (exact) mass is 497 g/mol. The minimum Gasteiger partial charge on any atom is -0.319 e. The molecule has 0 aliphatic carbocycles. The molecule has 6 nitrogen and oxygen atoms in total. The molecule has 0 atom stereocenters. The van der Waals surface area contributed by atoms with Gasteiger partial charge in [-0.25, -0.2) is 8.42 Å². The van der Waals surface area contributed by atoms with Crippen LogP contribution >= 0.6 is 22.9 Å². The fourth-order valence-corrected chi connectivity index (χ4v) is 6.99. The quantitative estimate of drug-likeness (QED) is 0.412. The van der Waals surface area contributed by atoms with Crippen molar-refractivity contribution in [2.75, 3.05) is 10.8 Å². The number of sulfonamides is 1. The molecule has 0 radical (unpaired) electrons. The Morgan fingerprint density at radius 1 is 1.06 bits per heavy atom. The number of hydrogen-bond donors (Lipinski definition) is 0. The van der Waals surface area contributed by atoms with Crippen molar-refractivity contribution in [3.8, 4) is 0 Å². The number of nitrogens with zero attached hydrogens (tertiary/aromatic N) is 3. The summed E-state index contributed by atoms with van der Waals surface area (Å²) >= 11 is 7.67. The van der Waals surface area contributed by atoms with Crippen LogP contribution in [0.4, 0.5) is 5.69 Å². The molecule has 1 aromatic heterocycles. The molecule has 0 saturated carbocycles. The van der Waals surface area contributed by atoms with Crippen LogP contribution in [0.15, 0.2) is 70.6 Å². The summed E-state index contributed by atoms with van der Waals surface area (Å²) in [5, 5.41) is 0.614. The topological polar surface area (TPSA) is 71.7 Å². The first-order valence-corrected chi connectivity index (χ1v) is 13.0. The lowest BCUT2D eigenvalue weighted by atomic mass is 10.2. The number of hydrogen-bond acceptors (Lipinski definition) is 4. The van der Waals surface area contributed by atoms with Gasteiger partial charge in [0.05, 0.1) is 25.8 Å². The maximum absolute atomic E-state index is 13.2. The second-order valence-electron chi connectivity index (χ2n) is 7.88. The third-order valence-electron chi connectivity index (χ3n) is 5.83. The minimum absolute atomic E-state index is 0.144. The van der Waals surface area contributed by atoms with Crippen LogP contribution in [0.5, 0.6) is 0 Å². The Morgan fingerprint density at radius 3 is 2.52 bits per heavy atom. The van der Waals surface area contributed by atoms with E-state index in [4.69, 9.17) is 11.6 Å². The Bertz CT molecular complexity index is 1590. The lowest BCUT2D eigenvalue weighted by Gasteiger charge is -2.19. The van der Waals surface area contributed by atoms with Crippen LogP contribution in [0.2, 0.25) is 5.02 Å². The smallest absolute Gasteiger partial charge is 0.279 e. The van der Waals surface area contributed by atoms with Gasteiger partial charge in [0.2, 0.25) is 0 Å². The molecular weight excluding hydrogens is 478 g/mol. The largest absolute Gasteiger partial charge is 0.319 e. The van der Waals surface area contributed by atoms with E-state index in [9.17, 15) is 13.2 Å². The number of carbonyl (C=O) groups is 1. The molecule has 4 aromatic rings. The van der Waals surface area contributed by atoms with E-state index in [1.807, 2.05) is 54.9 Å². The predicted molar refractivity (Wildman–Crippen MR) is 132 cm³/mol. The Kier molecular flexibility index (Phi) is 5.39. The van der Waals surface area contributed by atoms with E-state index in [0.717, 1.165) is 21.3 Å². The summed E-state index contributed by atoms with van der Waals surface area (Å²) in [4.78, 5) is 17.8. The molecule has 0 saturated heterocycles. The maximum atomic E-state index is 13.2. The van der Waals surface area contributed by atoms with Gasteiger partial charge in [-0.05, 0) is 60.9 Å². The van der Waals surface area contributed by atoms with E-state index in [2.05, 4.69) is 4.99 Å². The zero-order valence-corrected chi connectivity index (χ0v) is 20.3. The second-order valence-corrected chi connectivity index (χ2v) is 11.1. The number of carbonyl (C=O) groups excluding carboxylic acids is 1. The summed E-state index contributed by atoms with van der Waals surface area (Å²) in [5.74, 6) is -0.443. The lowest BCUT2D eigenvalue weighted by Crippen LogP contribution is -2.29. The molecule has 1 aliphatic heterocycles. The fourth-order valence-electron chi connectivity index (χ4n) is 4.12. The molecular formula is C24H20ClN3O3S2. The lowest BCUT2D eigenvalue weighted by molar-refractivity contribution is 0.0998.